The Morgan fingerprint density at radius 2 is 2.05 bits per heavy atom. The minimum absolute atomic E-state index is 0.297. The van der Waals surface area contributed by atoms with Gasteiger partial charge in [0.25, 0.3) is 5.89 Å². The highest BCUT2D eigenvalue weighted by atomic mass is 16.5. The van der Waals surface area contributed by atoms with Crippen LogP contribution in [0.15, 0.2) is 33.8 Å². The van der Waals surface area contributed by atoms with Gasteiger partial charge in [0.15, 0.2) is 11.8 Å². The normalized spacial score (nSPS) is 11.9. The van der Waals surface area contributed by atoms with E-state index < -0.39 is 0 Å². The van der Waals surface area contributed by atoms with E-state index in [2.05, 4.69) is 20.4 Å². The molecule has 2 aromatic rings. The molecule has 1 aromatic carbocycles. The highest BCUT2D eigenvalue weighted by Gasteiger charge is 2.07. The first kappa shape index (κ1) is 16.0. The second-order valence-corrected chi connectivity index (χ2v) is 5.38. The molecule has 0 unspecified atom stereocenters. The molecule has 0 bridgehead atoms. The number of guanidine groups is 1. The van der Waals surface area contributed by atoms with Crippen molar-refractivity contribution in [3.8, 4) is 11.5 Å². The Morgan fingerprint density at radius 3 is 2.64 bits per heavy atom. The van der Waals surface area contributed by atoms with Crippen molar-refractivity contribution in [1.29, 1.82) is 0 Å². The molecule has 0 aliphatic heterocycles. The molecule has 0 radical (unpaired) electrons. The van der Waals surface area contributed by atoms with Crippen LogP contribution in [0.3, 0.4) is 0 Å². The zero-order valence-electron chi connectivity index (χ0n) is 13.3. The van der Waals surface area contributed by atoms with Gasteiger partial charge in [-0.25, -0.2) is 0 Å². The third kappa shape index (κ3) is 4.58. The van der Waals surface area contributed by atoms with Gasteiger partial charge in [-0.15, -0.1) is 0 Å². The molecule has 6 nitrogen and oxygen atoms in total. The SMILES string of the molecule is CCc1noc(-c2ccc(CCN=C(N)NC(C)C)cc2)n1. The lowest BCUT2D eigenvalue weighted by atomic mass is 10.1. The molecule has 0 spiro atoms. The molecule has 2 rings (SSSR count). The van der Waals surface area contributed by atoms with Crippen LogP contribution < -0.4 is 11.1 Å². The standard InChI is InChI=1S/C16H23N5O/c1-4-14-20-15(22-21-14)13-7-5-12(6-8-13)9-10-18-16(17)19-11(2)3/h5-8,11H,4,9-10H2,1-3H3,(H3,17,18,19). The molecular weight excluding hydrogens is 278 g/mol. The molecule has 0 saturated heterocycles. The van der Waals surface area contributed by atoms with Crippen molar-refractivity contribution < 1.29 is 4.52 Å². The van der Waals surface area contributed by atoms with Gasteiger partial charge in [0, 0.05) is 24.6 Å². The van der Waals surface area contributed by atoms with E-state index in [0.29, 0.717) is 24.4 Å². The van der Waals surface area contributed by atoms with Gasteiger partial charge in [-0.2, -0.15) is 4.98 Å². The first-order valence-corrected chi connectivity index (χ1v) is 7.56. The number of nitrogens with two attached hydrogens (primary N) is 1. The van der Waals surface area contributed by atoms with Gasteiger partial charge in [0.2, 0.25) is 0 Å². The second kappa shape index (κ2) is 7.59. The van der Waals surface area contributed by atoms with Crippen molar-refractivity contribution in [3.63, 3.8) is 0 Å². The Kier molecular flexibility index (Phi) is 5.52. The summed E-state index contributed by atoms with van der Waals surface area (Å²) in [5.41, 5.74) is 7.89. The third-order valence-electron chi connectivity index (χ3n) is 3.10. The maximum Gasteiger partial charge on any atom is 0.257 e. The van der Waals surface area contributed by atoms with Crippen LogP contribution in [-0.2, 0) is 12.8 Å². The number of aliphatic imine (C=N–C) groups is 1. The van der Waals surface area contributed by atoms with Crippen molar-refractivity contribution in [2.75, 3.05) is 6.54 Å². The van der Waals surface area contributed by atoms with Crippen molar-refractivity contribution in [2.24, 2.45) is 10.7 Å². The molecule has 0 saturated carbocycles. The monoisotopic (exact) mass is 301 g/mol. The minimum Gasteiger partial charge on any atom is -0.370 e. The van der Waals surface area contributed by atoms with E-state index in [1.54, 1.807) is 0 Å². The predicted molar refractivity (Wildman–Crippen MR) is 87.6 cm³/mol. The van der Waals surface area contributed by atoms with Crippen molar-refractivity contribution in [1.82, 2.24) is 15.5 Å². The summed E-state index contributed by atoms with van der Waals surface area (Å²) < 4.78 is 5.22. The summed E-state index contributed by atoms with van der Waals surface area (Å²) in [4.78, 5) is 8.61. The number of nitrogens with one attached hydrogen (secondary N) is 1. The average molecular weight is 301 g/mol. The topological polar surface area (TPSA) is 89.3 Å². The highest BCUT2D eigenvalue weighted by Crippen LogP contribution is 2.18. The van der Waals surface area contributed by atoms with Crippen LogP contribution in [0.2, 0.25) is 0 Å². The van der Waals surface area contributed by atoms with Gasteiger partial charge in [0.05, 0.1) is 0 Å². The van der Waals surface area contributed by atoms with Crippen LogP contribution in [0, 0.1) is 0 Å². The summed E-state index contributed by atoms with van der Waals surface area (Å²) in [6.45, 7) is 6.72. The molecule has 1 aromatic heterocycles. The summed E-state index contributed by atoms with van der Waals surface area (Å²) in [5.74, 6) is 1.78. The van der Waals surface area contributed by atoms with Gasteiger partial charge in [0.1, 0.15) is 0 Å². The van der Waals surface area contributed by atoms with Crippen LogP contribution in [0.25, 0.3) is 11.5 Å². The summed E-state index contributed by atoms with van der Waals surface area (Å²) >= 11 is 0. The molecule has 3 N–H and O–H groups in total. The molecule has 6 heteroatoms. The maximum absolute atomic E-state index is 5.77. The number of hydrogen-bond acceptors (Lipinski definition) is 4. The quantitative estimate of drug-likeness (QED) is 0.630. The number of aryl methyl sites for hydroxylation is 1. The van der Waals surface area contributed by atoms with Gasteiger partial charge < -0.3 is 15.6 Å². The lowest BCUT2D eigenvalue weighted by Crippen LogP contribution is -2.36. The van der Waals surface area contributed by atoms with E-state index in [9.17, 15) is 0 Å². The summed E-state index contributed by atoms with van der Waals surface area (Å²) in [6, 6.07) is 8.37. The van der Waals surface area contributed by atoms with E-state index in [4.69, 9.17) is 10.3 Å². The molecule has 0 aliphatic rings. The van der Waals surface area contributed by atoms with Gasteiger partial charge in [-0.1, -0.05) is 24.2 Å². The Bertz CT molecular complexity index is 616. The first-order chi connectivity index (χ1) is 10.6. The lowest BCUT2D eigenvalue weighted by Gasteiger charge is -2.08. The Hall–Kier alpha value is -2.37. The third-order valence-corrected chi connectivity index (χ3v) is 3.10. The fourth-order valence-electron chi connectivity index (χ4n) is 1.98. The van der Waals surface area contributed by atoms with Gasteiger partial charge in [-0.3, -0.25) is 4.99 Å². The van der Waals surface area contributed by atoms with Crippen LogP contribution in [0.4, 0.5) is 0 Å². The first-order valence-electron chi connectivity index (χ1n) is 7.56. The lowest BCUT2D eigenvalue weighted by molar-refractivity contribution is 0.423. The zero-order valence-corrected chi connectivity index (χ0v) is 13.3. The Morgan fingerprint density at radius 1 is 1.32 bits per heavy atom. The Balaban J connectivity index is 1.92. The van der Waals surface area contributed by atoms with Crippen LogP contribution >= 0.6 is 0 Å². The van der Waals surface area contributed by atoms with Crippen LogP contribution in [0.1, 0.15) is 32.2 Å². The van der Waals surface area contributed by atoms with E-state index in [1.165, 1.54) is 5.56 Å². The maximum atomic E-state index is 5.77. The minimum atomic E-state index is 0.297. The van der Waals surface area contributed by atoms with Gasteiger partial charge in [-0.05, 0) is 38.0 Å². The molecule has 22 heavy (non-hydrogen) atoms. The van der Waals surface area contributed by atoms with Crippen LogP contribution in [-0.4, -0.2) is 28.7 Å². The highest BCUT2D eigenvalue weighted by molar-refractivity contribution is 5.78. The molecule has 0 aliphatic carbocycles. The van der Waals surface area contributed by atoms with Crippen molar-refractivity contribution in [3.05, 3.63) is 35.7 Å². The predicted octanol–water partition coefficient (Wildman–Crippen LogP) is 2.15. The van der Waals surface area contributed by atoms with Crippen LogP contribution in [0.5, 0.6) is 0 Å². The fourth-order valence-corrected chi connectivity index (χ4v) is 1.98. The van der Waals surface area contributed by atoms with E-state index in [-0.39, 0.29) is 0 Å². The largest absolute Gasteiger partial charge is 0.370 e. The summed E-state index contributed by atoms with van der Waals surface area (Å²) in [5, 5.41) is 6.97. The average Bonchev–Trinajstić information content (AvgIpc) is 2.96. The molecule has 118 valence electrons. The number of nitrogens with zero attached hydrogens (tertiary/aromatic N) is 3. The van der Waals surface area contributed by atoms with E-state index in [1.807, 2.05) is 45.0 Å². The van der Waals surface area contributed by atoms with E-state index in [0.717, 1.165) is 24.2 Å². The number of benzene rings is 1. The Labute approximate surface area is 130 Å². The molecule has 0 amide bonds. The zero-order chi connectivity index (χ0) is 15.9. The molecule has 0 fully saturated rings. The van der Waals surface area contributed by atoms with Crippen molar-refractivity contribution >= 4 is 5.96 Å². The van der Waals surface area contributed by atoms with Gasteiger partial charge >= 0.3 is 0 Å². The van der Waals surface area contributed by atoms with E-state index >= 15 is 0 Å². The number of rotatable bonds is 6. The fraction of sp³-hybridized carbons (Fsp3) is 0.438. The smallest absolute Gasteiger partial charge is 0.257 e. The molecule has 1 heterocycles. The summed E-state index contributed by atoms with van der Waals surface area (Å²) in [7, 11) is 0. The summed E-state index contributed by atoms with van der Waals surface area (Å²) in [6.07, 6.45) is 1.61. The van der Waals surface area contributed by atoms with Crippen molar-refractivity contribution in [2.45, 2.75) is 39.7 Å². The second-order valence-electron chi connectivity index (χ2n) is 5.38. The number of aromatic nitrogens is 2. The number of hydrogen-bond donors (Lipinski definition) is 2. The molecular formula is C16H23N5O. The molecule has 0 atom stereocenters.